The molecule has 118 valence electrons. The zero-order chi connectivity index (χ0) is 16.7. The molecule has 0 spiro atoms. The normalized spacial score (nSPS) is 17.0. The summed E-state index contributed by atoms with van der Waals surface area (Å²) in [6.45, 7) is 0. The van der Waals surface area contributed by atoms with Crippen LogP contribution in [0.25, 0.3) is 10.8 Å². The smallest absolute Gasteiger partial charge is 0.256 e. The molecule has 1 amide bonds. The van der Waals surface area contributed by atoms with Gasteiger partial charge in [-0.25, -0.2) is 0 Å². The van der Waals surface area contributed by atoms with Crippen molar-refractivity contribution in [2.24, 2.45) is 4.99 Å². The Balaban J connectivity index is 1.80. The van der Waals surface area contributed by atoms with Gasteiger partial charge in [0.05, 0.1) is 5.69 Å². The zero-order valence-electron chi connectivity index (χ0n) is 13.1. The van der Waals surface area contributed by atoms with Gasteiger partial charge < -0.3 is 4.90 Å². The predicted octanol–water partition coefficient (Wildman–Crippen LogP) is 4.63. The second-order valence-electron chi connectivity index (χ2n) is 5.89. The molecule has 0 aromatic heterocycles. The van der Waals surface area contributed by atoms with E-state index in [-0.39, 0.29) is 5.91 Å². The van der Waals surface area contributed by atoms with Crippen LogP contribution in [0.3, 0.4) is 0 Å². The number of carbonyl (C=O) groups excluding carboxylic acids is 1. The molecular formula is C20H15ClN2O. The molecule has 3 nitrogen and oxygen atoms in total. The molecule has 3 aromatic rings. The van der Waals surface area contributed by atoms with Crippen LogP contribution in [0.15, 0.2) is 65.7 Å². The van der Waals surface area contributed by atoms with Crippen LogP contribution in [0.2, 0.25) is 5.02 Å². The lowest BCUT2D eigenvalue weighted by Crippen LogP contribution is -2.30. The van der Waals surface area contributed by atoms with Crippen molar-refractivity contribution in [2.75, 3.05) is 11.9 Å². The molecule has 24 heavy (non-hydrogen) atoms. The fourth-order valence-electron chi connectivity index (χ4n) is 3.06. The molecule has 1 aliphatic heterocycles. The standard InChI is InChI=1S/C20H15ClN2O/c1-23-18-9-8-17(21)11-16(18)12-22-19(20(23)24)15-7-6-13-4-2-3-5-14(13)10-15/h2-12,19H,1H3. The van der Waals surface area contributed by atoms with E-state index in [2.05, 4.69) is 11.1 Å². The summed E-state index contributed by atoms with van der Waals surface area (Å²) in [7, 11) is 1.78. The highest BCUT2D eigenvalue weighted by Gasteiger charge is 2.27. The fraction of sp³-hybridized carbons (Fsp3) is 0.100. The second-order valence-corrected chi connectivity index (χ2v) is 6.32. The molecule has 1 unspecified atom stereocenters. The highest BCUT2D eigenvalue weighted by Crippen LogP contribution is 2.31. The lowest BCUT2D eigenvalue weighted by Gasteiger charge is -2.21. The van der Waals surface area contributed by atoms with E-state index in [0.717, 1.165) is 27.6 Å². The Hall–Kier alpha value is -2.65. The molecule has 3 aromatic carbocycles. The van der Waals surface area contributed by atoms with Crippen LogP contribution >= 0.6 is 11.6 Å². The van der Waals surface area contributed by atoms with Gasteiger partial charge in [-0.15, -0.1) is 0 Å². The molecule has 0 N–H and O–H groups in total. The number of carbonyl (C=O) groups is 1. The van der Waals surface area contributed by atoms with E-state index < -0.39 is 6.04 Å². The number of fused-ring (bicyclic) bond motifs is 2. The lowest BCUT2D eigenvalue weighted by molar-refractivity contribution is -0.119. The minimum atomic E-state index is -0.550. The van der Waals surface area contributed by atoms with Gasteiger partial charge in [0.15, 0.2) is 6.04 Å². The van der Waals surface area contributed by atoms with E-state index in [1.807, 2.05) is 48.5 Å². The van der Waals surface area contributed by atoms with Crippen molar-refractivity contribution in [2.45, 2.75) is 6.04 Å². The van der Waals surface area contributed by atoms with Gasteiger partial charge in [0.2, 0.25) is 0 Å². The molecule has 1 heterocycles. The molecule has 0 radical (unpaired) electrons. The van der Waals surface area contributed by atoms with Crippen molar-refractivity contribution in [1.82, 2.24) is 0 Å². The molecule has 1 aliphatic rings. The fourth-order valence-corrected chi connectivity index (χ4v) is 3.24. The Morgan fingerprint density at radius 2 is 1.79 bits per heavy atom. The first-order valence-electron chi connectivity index (χ1n) is 7.72. The van der Waals surface area contributed by atoms with E-state index in [1.165, 1.54) is 0 Å². The average molecular weight is 335 g/mol. The Bertz CT molecular complexity index is 980. The summed E-state index contributed by atoms with van der Waals surface area (Å²) in [4.78, 5) is 19.1. The van der Waals surface area contributed by atoms with Crippen molar-refractivity contribution in [3.8, 4) is 0 Å². The number of likely N-dealkylation sites (N-methyl/N-ethyl adjacent to an activating group) is 1. The van der Waals surface area contributed by atoms with Crippen molar-refractivity contribution in [3.05, 3.63) is 76.8 Å². The quantitative estimate of drug-likeness (QED) is 0.638. The number of aliphatic imine (C=N–C) groups is 1. The lowest BCUT2D eigenvalue weighted by atomic mass is 10.0. The zero-order valence-corrected chi connectivity index (χ0v) is 13.9. The number of benzene rings is 3. The van der Waals surface area contributed by atoms with Crippen LogP contribution in [0, 0.1) is 0 Å². The Morgan fingerprint density at radius 3 is 2.62 bits per heavy atom. The van der Waals surface area contributed by atoms with E-state index in [0.29, 0.717) is 5.02 Å². The maximum atomic E-state index is 12.9. The average Bonchev–Trinajstić information content (AvgIpc) is 2.72. The summed E-state index contributed by atoms with van der Waals surface area (Å²) in [6, 6.07) is 19.0. The molecular weight excluding hydrogens is 320 g/mol. The largest absolute Gasteiger partial charge is 0.313 e. The highest BCUT2D eigenvalue weighted by molar-refractivity contribution is 6.31. The van der Waals surface area contributed by atoms with E-state index in [4.69, 9.17) is 11.6 Å². The van der Waals surface area contributed by atoms with Gasteiger partial charge in [-0.05, 0) is 40.6 Å². The summed E-state index contributed by atoms with van der Waals surface area (Å²) in [5.41, 5.74) is 2.55. The van der Waals surface area contributed by atoms with Crippen LogP contribution in [0.5, 0.6) is 0 Å². The third-order valence-electron chi connectivity index (χ3n) is 4.37. The van der Waals surface area contributed by atoms with Crippen molar-refractivity contribution < 1.29 is 4.79 Å². The predicted molar refractivity (Wildman–Crippen MR) is 99.1 cm³/mol. The number of anilines is 1. The first-order valence-corrected chi connectivity index (χ1v) is 8.10. The second kappa shape index (κ2) is 5.77. The van der Waals surface area contributed by atoms with Gasteiger partial charge in [0.1, 0.15) is 0 Å². The first-order chi connectivity index (χ1) is 11.6. The number of nitrogens with zero attached hydrogens (tertiary/aromatic N) is 2. The van der Waals surface area contributed by atoms with Crippen LogP contribution in [-0.4, -0.2) is 19.2 Å². The monoisotopic (exact) mass is 334 g/mol. The summed E-state index contributed by atoms with van der Waals surface area (Å²) in [5.74, 6) is -0.0531. The van der Waals surface area contributed by atoms with Gasteiger partial charge in [0.25, 0.3) is 5.91 Å². The number of hydrogen-bond acceptors (Lipinski definition) is 2. The SMILES string of the molecule is CN1C(=O)C(c2ccc3ccccc3c2)N=Cc2cc(Cl)ccc21. The number of rotatable bonds is 1. The summed E-state index contributed by atoms with van der Waals surface area (Å²) in [5, 5.41) is 2.88. The molecule has 1 atom stereocenters. The van der Waals surface area contributed by atoms with E-state index in [9.17, 15) is 4.79 Å². The van der Waals surface area contributed by atoms with E-state index >= 15 is 0 Å². The Labute approximate surface area is 145 Å². The summed E-state index contributed by atoms with van der Waals surface area (Å²) < 4.78 is 0. The molecule has 0 saturated carbocycles. The molecule has 0 aliphatic carbocycles. The van der Waals surface area contributed by atoms with Gasteiger partial charge in [-0.3, -0.25) is 9.79 Å². The van der Waals surface area contributed by atoms with Crippen molar-refractivity contribution in [3.63, 3.8) is 0 Å². The number of benzodiazepines with no additional fused rings is 1. The molecule has 0 saturated heterocycles. The molecule has 0 bridgehead atoms. The molecule has 0 fully saturated rings. The third kappa shape index (κ3) is 2.47. The highest BCUT2D eigenvalue weighted by atomic mass is 35.5. The van der Waals surface area contributed by atoms with Gasteiger partial charge in [0, 0.05) is 23.8 Å². The first kappa shape index (κ1) is 14.9. The molecule has 4 heteroatoms. The topological polar surface area (TPSA) is 32.7 Å². The maximum Gasteiger partial charge on any atom is 0.256 e. The van der Waals surface area contributed by atoms with E-state index in [1.54, 1.807) is 24.2 Å². The minimum absolute atomic E-state index is 0.0531. The number of halogens is 1. The number of hydrogen-bond donors (Lipinski definition) is 0. The molecule has 4 rings (SSSR count). The Morgan fingerprint density at radius 1 is 1.00 bits per heavy atom. The van der Waals surface area contributed by atoms with Crippen LogP contribution < -0.4 is 4.90 Å². The third-order valence-corrected chi connectivity index (χ3v) is 4.60. The maximum absolute atomic E-state index is 12.9. The van der Waals surface area contributed by atoms with Gasteiger partial charge >= 0.3 is 0 Å². The summed E-state index contributed by atoms with van der Waals surface area (Å²) in [6.07, 6.45) is 1.74. The van der Waals surface area contributed by atoms with Crippen LogP contribution in [-0.2, 0) is 4.79 Å². The van der Waals surface area contributed by atoms with Crippen molar-refractivity contribution in [1.29, 1.82) is 0 Å². The van der Waals surface area contributed by atoms with Gasteiger partial charge in [-0.2, -0.15) is 0 Å². The minimum Gasteiger partial charge on any atom is -0.313 e. The summed E-state index contributed by atoms with van der Waals surface area (Å²) >= 11 is 6.07. The van der Waals surface area contributed by atoms with Crippen LogP contribution in [0.4, 0.5) is 5.69 Å². The van der Waals surface area contributed by atoms with Crippen LogP contribution in [0.1, 0.15) is 17.2 Å². The Kier molecular flexibility index (Phi) is 3.58. The number of amides is 1. The van der Waals surface area contributed by atoms with Crippen molar-refractivity contribution >= 4 is 40.2 Å². The van der Waals surface area contributed by atoms with Gasteiger partial charge in [-0.1, -0.05) is 48.0 Å².